The van der Waals surface area contributed by atoms with Gasteiger partial charge in [0, 0.05) is 45.2 Å². The molecule has 0 atom stereocenters. The van der Waals surface area contributed by atoms with Gasteiger partial charge >= 0.3 is 0 Å². The van der Waals surface area contributed by atoms with Crippen LogP contribution in [0.25, 0.3) is 0 Å². The van der Waals surface area contributed by atoms with Gasteiger partial charge in [-0.15, -0.1) is 0 Å². The van der Waals surface area contributed by atoms with Crippen LogP contribution in [0.4, 0.5) is 11.4 Å². The molecule has 0 radical (unpaired) electrons. The molecule has 1 fully saturated rings. The third kappa shape index (κ3) is 2.84. The van der Waals surface area contributed by atoms with Crippen LogP contribution >= 0.6 is 0 Å². The quantitative estimate of drug-likeness (QED) is 0.785. The van der Waals surface area contributed by atoms with E-state index in [4.69, 9.17) is 15.2 Å². The van der Waals surface area contributed by atoms with E-state index in [9.17, 15) is 4.79 Å². The Bertz CT molecular complexity index is 547. The fraction of sp³-hybridized carbons (Fsp3) is 0.533. The Kier molecular flexibility index (Phi) is 3.77. The number of fused-ring (bicyclic) bond motifs is 1. The lowest BCUT2D eigenvalue weighted by Crippen LogP contribution is -2.33. The average Bonchev–Trinajstić information content (AvgIpc) is 2.72. The van der Waals surface area contributed by atoms with Crippen LogP contribution < -0.4 is 20.1 Å². The first-order valence-electron chi connectivity index (χ1n) is 7.35. The van der Waals surface area contributed by atoms with E-state index in [1.54, 1.807) is 6.92 Å². The minimum atomic E-state index is 0.131. The Morgan fingerprint density at radius 3 is 2.52 bits per heavy atom. The number of carbonyl (C=O) groups is 1. The second-order valence-electron chi connectivity index (χ2n) is 5.40. The van der Waals surface area contributed by atoms with Crippen molar-refractivity contribution in [3.63, 3.8) is 0 Å². The molecule has 21 heavy (non-hydrogen) atoms. The molecule has 114 valence electrons. The highest BCUT2D eigenvalue weighted by Crippen LogP contribution is 2.38. The minimum absolute atomic E-state index is 0.131. The molecule has 0 bridgehead atoms. The highest BCUT2D eigenvalue weighted by Gasteiger charge is 2.21. The third-order valence-electron chi connectivity index (χ3n) is 3.97. The number of nitrogens with zero attached hydrogens (tertiary/aromatic N) is 2. The lowest BCUT2D eigenvalue weighted by molar-refractivity contribution is -0.128. The van der Waals surface area contributed by atoms with Crippen LogP contribution in [0.3, 0.4) is 0 Å². The fourth-order valence-corrected chi connectivity index (χ4v) is 2.84. The largest absolute Gasteiger partial charge is 0.486 e. The number of ether oxygens (including phenoxy) is 2. The van der Waals surface area contributed by atoms with E-state index in [0.717, 1.165) is 44.0 Å². The molecule has 1 aromatic rings. The number of nitrogens with two attached hydrogens (primary N) is 1. The highest BCUT2D eigenvalue weighted by atomic mass is 16.6. The number of amides is 1. The summed E-state index contributed by atoms with van der Waals surface area (Å²) in [5.41, 5.74) is 7.82. The molecular weight excluding hydrogens is 270 g/mol. The summed E-state index contributed by atoms with van der Waals surface area (Å²) in [6, 6.07) is 3.78. The van der Waals surface area contributed by atoms with Crippen LogP contribution in [0.2, 0.25) is 0 Å². The van der Waals surface area contributed by atoms with Crippen molar-refractivity contribution in [2.75, 3.05) is 50.0 Å². The van der Waals surface area contributed by atoms with Gasteiger partial charge in [0.1, 0.15) is 13.2 Å². The van der Waals surface area contributed by atoms with Crippen LogP contribution in [-0.2, 0) is 4.79 Å². The molecule has 1 amide bonds. The van der Waals surface area contributed by atoms with Crippen molar-refractivity contribution < 1.29 is 14.3 Å². The molecule has 0 spiro atoms. The Morgan fingerprint density at radius 1 is 1.10 bits per heavy atom. The number of nitrogen functional groups attached to an aromatic ring is 1. The topological polar surface area (TPSA) is 68.0 Å². The molecule has 1 aromatic carbocycles. The van der Waals surface area contributed by atoms with Crippen molar-refractivity contribution in [2.45, 2.75) is 13.3 Å². The molecule has 6 nitrogen and oxygen atoms in total. The van der Waals surface area contributed by atoms with Crippen LogP contribution in [0.15, 0.2) is 12.1 Å². The van der Waals surface area contributed by atoms with E-state index in [2.05, 4.69) is 4.90 Å². The molecule has 2 aliphatic rings. The van der Waals surface area contributed by atoms with Crippen molar-refractivity contribution in [3.8, 4) is 11.5 Å². The summed E-state index contributed by atoms with van der Waals surface area (Å²) >= 11 is 0. The first kappa shape index (κ1) is 13.9. The smallest absolute Gasteiger partial charge is 0.219 e. The molecule has 0 unspecified atom stereocenters. The SMILES string of the molecule is CC(=O)N1CCCN(c2cc3c(cc2N)OCCO3)CC1. The van der Waals surface area contributed by atoms with Gasteiger partial charge in [-0.25, -0.2) is 0 Å². The van der Waals surface area contributed by atoms with Crippen molar-refractivity contribution >= 4 is 17.3 Å². The summed E-state index contributed by atoms with van der Waals surface area (Å²) in [6.45, 7) is 5.93. The number of carbonyl (C=O) groups excluding carboxylic acids is 1. The number of hydrogen-bond donors (Lipinski definition) is 1. The third-order valence-corrected chi connectivity index (χ3v) is 3.97. The zero-order valence-corrected chi connectivity index (χ0v) is 12.3. The molecule has 1 saturated heterocycles. The summed E-state index contributed by atoms with van der Waals surface area (Å²) in [4.78, 5) is 15.6. The van der Waals surface area contributed by atoms with Crippen molar-refractivity contribution in [1.82, 2.24) is 4.90 Å². The molecule has 0 aliphatic carbocycles. The number of rotatable bonds is 1. The van der Waals surface area contributed by atoms with Gasteiger partial charge in [-0.05, 0) is 6.42 Å². The molecule has 2 N–H and O–H groups in total. The van der Waals surface area contributed by atoms with Gasteiger partial charge in [-0.1, -0.05) is 0 Å². The molecular formula is C15H21N3O3. The second kappa shape index (κ2) is 5.71. The zero-order chi connectivity index (χ0) is 14.8. The first-order chi connectivity index (χ1) is 10.1. The normalized spacial score (nSPS) is 18.3. The average molecular weight is 291 g/mol. The summed E-state index contributed by atoms with van der Waals surface area (Å²) in [5, 5.41) is 0. The highest BCUT2D eigenvalue weighted by molar-refractivity contribution is 5.75. The maximum absolute atomic E-state index is 11.5. The summed E-state index contributed by atoms with van der Waals surface area (Å²) in [7, 11) is 0. The molecule has 0 saturated carbocycles. The van der Waals surface area contributed by atoms with E-state index < -0.39 is 0 Å². The number of hydrogen-bond acceptors (Lipinski definition) is 5. The molecule has 2 aliphatic heterocycles. The van der Waals surface area contributed by atoms with Crippen LogP contribution in [0.1, 0.15) is 13.3 Å². The van der Waals surface area contributed by atoms with Gasteiger partial charge < -0.3 is 25.0 Å². The predicted octanol–water partition coefficient (Wildman–Crippen LogP) is 1.10. The Labute approximate surface area is 124 Å². The number of anilines is 2. The van der Waals surface area contributed by atoms with Crippen LogP contribution in [-0.4, -0.2) is 50.2 Å². The fourth-order valence-electron chi connectivity index (χ4n) is 2.84. The van der Waals surface area contributed by atoms with Gasteiger partial charge in [-0.3, -0.25) is 4.79 Å². The number of benzene rings is 1. The van der Waals surface area contributed by atoms with Gasteiger partial charge in [0.2, 0.25) is 5.91 Å². The van der Waals surface area contributed by atoms with Gasteiger partial charge in [0.15, 0.2) is 11.5 Å². The van der Waals surface area contributed by atoms with E-state index in [1.165, 1.54) is 0 Å². The molecule has 2 heterocycles. The minimum Gasteiger partial charge on any atom is -0.486 e. The maximum atomic E-state index is 11.5. The Balaban J connectivity index is 1.81. The molecule has 0 aromatic heterocycles. The predicted molar refractivity (Wildman–Crippen MR) is 80.9 cm³/mol. The molecule has 6 heteroatoms. The van der Waals surface area contributed by atoms with E-state index >= 15 is 0 Å². The van der Waals surface area contributed by atoms with Gasteiger partial charge in [-0.2, -0.15) is 0 Å². The van der Waals surface area contributed by atoms with E-state index in [0.29, 0.717) is 24.7 Å². The monoisotopic (exact) mass is 291 g/mol. The molecule has 3 rings (SSSR count). The standard InChI is InChI=1S/C15H21N3O3/c1-11(19)17-3-2-4-18(6-5-17)13-10-15-14(9-12(13)16)20-7-8-21-15/h9-10H,2-8,16H2,1H3. The van der Waals surface area contributed by atoms with Gasteiger partial charge in [0.05, 0.1) is 11.4 Å². The Morgan fingerprint density at radius 2 is 1.81 bits per heavy atom. The maximum Gasteiger partial charge on any atom is 0.219 e. The Hall–Kier alpha value is -2.11. The first-order valence-corrected chi connectivity index (χ1v) is 7.35. The van der Waals surface area contributed by atoms with Crippen molar-refractivity contribution in [3.05, 3.63) is 12.1 Å². The van der Waals surface area contributed by atoms with Crippen LogP contribution in [0.5, 0.6) is 11.5 Å². The lowest BCUT2D eigenvalue weighted by atomic mass is 10.2. The summed E-state index contributed by atoms with van der Waals surface area (Å²) in [5.74, 6) is 1.59. The second-order valence-corrected chi connectivity index (χ2v) is 5.40. The van der Waals surface area contributed by atoms with Crippen molar-refractivity contribution in [1.29, 1.82) is 0 Å². The lowest BCUT2D eigenvalue weighted by Gasteiger charge is -2.27. The van der Waals surface area contributed by atoms with Gasteiger partial charge in [0.25, 0.3) is 0 Å². The summed E-state index contributed by atoms with van der Waals surface area (Å²) < 4.78 is 11.2. The van der Waals surface area contributed by atoms with Crippen LogP contribution in [0, 0.1) is 0 Å². The van der Waals surface area contributed by atoms with Crippen molar-refractivity contribution in [2.24, 2.45) is 0 Å². The van der Waals surface area contributed by atoms with E-state index in [1.807, 2.05) is 17.0 Å². The summed E-state index contributed by atoms with van der Waals surface area (Å²) in [6.07, 6.45) is 0.938. The van der Waals surface area contributed by atoms with E-state index in [-0.39, 0.29) is 5.91 Å². The zero-order valence-electron chi connectivity index (χ0n) is 12.3.